The number of fused-ring (bicyclic) bond motifs is 1. The first kappa shape index (κ1) is 19.0. The largest absolute Gasteiger partial charge is 0.496 e. The van der Waals surface area contributed by atoms with Gasteiger partial charge in [-0.2, -0.15) is 0 Å². The van der Waals surface area contributed by atoms with Gasteiger partial charge in [0, 0.05) is 18.7 Å². The van der Waals surface area contributed by atoms with E-state index in [1.807, 2.05) is 36.4 Å². The van der Waals surface area contributed by atoms with E-state index >= 15 is 0 Å². The van der Waals surface area contributed by atoms with Gasteiger partial charge in [-0.1, -0.05) is 42.5 Å². The van der Waals surface area contributed by atoms with Crippen LogP contribution in [0, 0.1) is 0 Å². The summed E-state index contributed by atoms with van der Waals surface area (Å²) in [5, 5.41) is 2.65. The lowest BCUT2D eigenvalue weighted by atomic mass is 9.99. The van der Waals surface area contributed by atoms with E-state index in [2.05, 4.69) is 11.4 Å². The Morgan fingerprint density at radius 1 is 1.10 bits per heavy atom. The van der Waals surface area contributed by atoms with Gasteiger partial charge in [-0.25, -0.2) is 4.79 Å². The van der Waals surface area contributed by atoms with Crippen LogP contribution in [0.5, 0.6) is 5.75 Å². The average Bonchev–Trinajstić information content (AvgIpc) is 3.01. The van der Waals surface area contributed by atoms with Crippen LogP contribution in [-0.4, -0.2) is 47.3 Å². The zero-order valence-electron chi connectivity index (χ0n) is 16.3. The van der Waals surface area contributed by atoms with Gasteiger partial charge in [0.1, 0.15) is 11.8 Å². The molecule has 7 heteroatoms. The molecule has 0 unspecified atom stereocenters. The van der Waals surface area contributed by atoms with E-state index in [0.29, 0.717) is 18.8 Å². The fourth-order valence-electron chi connectivity index (χ4n) is 3.88. The molecule has 0 spiro atoms. The summed E-state index contributed by atoms with van der Waals surface area (Å²) in [4.78, 5) is 40.8. The van der Waals surface area contributed by atoms with Crippen molar-refractivity contribution in [2.45, 2.75) is 32.0 Å². The predicted molar refractivity (Wildman–Crippen MR) is 106 cm³/mol. The molecule has 150 valence electrons. The monoisotopic (exact) mass is 393 g/mol. The molecule has 1 fully saturated rings. The zero-order chi connectivity index (χ0) is 20.4. The number of hydrogen-bond acceptors (Lipinski definition) is 4. The van der Waals surface area contributed by atoms with Crippen molar-refractivity contribution in [3.05, 3.63) is 65.2 Å². The van der Waals surface area contributed by atoms with Crippen molar-refractivity contribution in [1.82, 2.24) is 15.1 Å². The smallest absolute Gasteiger partial charge is 0.325 e. The van der Waals surface area contributed by atoms with Gasteiger partial charge in [0.15, 0.2) is 0 Å². The molecule has 0 aromatic heterocycles. The summed E-state index contributed by atoms with van der Waals surface area (Å²) in [5.74, 6) is 0.101. The number of nitrogens with zero attached hydrogens (tertiary/aromatic N) is 2. The number of carbonyl (C=O) groups is 3. The molecule has 29 heavy (non-hydrogen) atoms. The lowest BCUT2D eigenvalue weighted by Crippen LogP contribution is -2.41. The number of carbonyl (C=O) groups excluding carboxylic acids is 3. The summed E-state index contributed by atoms with van der Waals surface area (Å²) < 4.78 is 5.30. The minimum absolute atomic E-state index is 0.0326. The second kappa shape index (κ2) is 7.95. The van der Waals surface area contributed by atoms with Crippen LogP contribution in [0.15, 0.2) is 48.5 Å². The number of nitrogens with one attached hydrogen (secondary N) is 1. The fraction of sp³-hybridized carbons (Fsp3) is 0.318. The predicted octanol–water partition coefficient (Wildman–Crippen LogP) is 2.09. The van der Waals surface area contributed by atoms with Gasteiger partial charge in [0.25, 0.3) is 5.91 Å². The first-order valence-corrected chi connectivity index (χ1v) is 9.65. The number of hydrogen-bond donors (Lipinski definition) is 1. The zero-order valence-corrected chi connectivity index (χ0v) is 16.3. The van der Waals surface area contributed by atoms with E-state index < -0.39 is 12.1 Å². The minimum atomic E-state index is -0.832. The number of para-hydroxylation sites is 1. The van der Waals surface area contributed by atoms with Crippen molar-refractivity contribution in [2.24, 2.45) is 0 Å². The quantitative estimate of drug-likeness (QED) is 0.789. The molecule has 4 amide bonds. The molecule has 2 aromatic rings. The van der Waals surface area contributed by atoms with E-state index in [0.717, 1.165) is 22.4 Å². The summed E-state index contributed by atoms with van der Waals surface area (Å²) >= 11 is 0. The van der Waals surface area contributed by atoms with Gasteiger partial charge in [-0.3, -0.25) is 14.5 Å². The maximum Gasteiger partial charge on any atom is 0.325 e. The van der Waals surface area contributed by atoms with Crippen LogP contribution in [0.3, 0.4) is 0 Å². The molecule has 2 aliphatic rings. The summed E-state index contributed by atoms with van der Waals surface area (Å²) in [5.41, 5.74) is 3.12. The van der Waals surface area contributed by atoms with Crippen LogP contribution in [0.25, 0.3) is 0 Å². The summed E-state index contributed by atoms with van der Waals surface area (Å²) in [6, 6.07) is 14.0. The first-order chi connectivity index (χ1) is 14.1. The molecule has 1 N–H and O–H groups in total. The van der Waals surface area contributed by atoms with Crippen LogP contribution in [0.4, 0.5) is 4.79 Å². The highest BCUT2D eigenvalue weighted by atomic mass is 16.5. The fourth-order valence-corrected chi connectivity index (χ4v) is 3.88. The Bertz CT molecular complexity index is 959. The Morgan fingerprint density at radius 2 is 1.83 bits per heavy atom. The normalized spacial score (nSPS) is 18.4. The Balaban J connectivity index is 1.41. The van der Waals surface area contributed by atoms with Gasteiger partial charge in [-0.05, 0) is 23.6 Å². The Labute approximate surface area is 169 Å². The lowest BCUT2D eigenvalue weighted by molar-refractivity contribution is -0.136. The van der Waals surface area contributed by atoms with Crippen molar-refractivity contribution in [2.75, 3.05) is 13.7 Å². The lowest BCUT2D eigenvalue weighted by Gasteiger charge is -2.29. The SMILES string of the molecule is COc1ccccc1CN1C(=O)N[C@@H](CC(=O)N2CCc3ccccc3C2)C1=O. The van der Waals surface area contributed by atoms with Crippen LogP contribution >= 0.6 is 0 Å². The van der Waals surface area contributed by atoms with Crippen molar-refractivity contribution >= 4 is 17.8 Å². The van der Waals surface area contributed by atoms with Gasteiger partial charge in [0.2, 0.25) is 5.91 Å². The molecule has 0 radical (unpaired) electrons. The average molecular weight is 393 g/mol. The highest BCUT2D eigenvalue weighted by molar-refractivity contribution is 6.05. The summed E-state index contributed by atoms with van der Waals surface area (Å²) in [7, 11) is 1.54. The maximum atomic E-state index is 12.8. The van der Waals surface area contributed by atoms with Crippen LogP contribution in [0.2, 0.25) is 0 Å². The third kappa shape index (κ3) is 3.81. The second-order valence-corrected chi connectivity index (χ2v) is 7.28. The Morgan fingerprint density at radius 3 is 2.62 bits per heavy atom. The molecule has 2 aromatic carbocycles. The van der Waals surface area contributed by atoms with Crippen LogP contribution in [-0.2, 0) is 29.1 Å². The molecule has 4 rings (SSSR count). The third-order valence-corrected chi connectivity index (χ3v) is 5.49. The van der Waals surface area contributed by atoms with E-state index in [-0.39, 0.29) is 24.8 Å². The highest BCUT2D eigenvalue weighted by Crippen LogP contribution is 2.23. The van der Waals surface area contributed by atoms with Crippen molar-refractivity contribution in [1.29, 1.82) is 0 Å². The highest BCUT2D eigenvalue weighted by Gasteiger charge is 2.40. The number of rotatable bonds is 5. The molecular weight excluding hydrogens is 370 g/mol. The second-order valence-electron chi connectivity index (χ2n) is 7.28. The number of urea groups is 1. The molecular formula is C22H23N3O4. The molecule has 0 saturated carbocycles. The van der Waals surface area contributed by atoms with E-state index in [4.69, 9.17) is 4.74 Å². The minimum Gasteiger partial charge on any atom is -0.496 e. The number of benzene rings is 2. The topological polar surface area (TPSA) is 79.0 Å². The van der Waals surface area contributed by atoms with Gasteiger partial charge >= 0.3 is 6.03 Å². The van der Waals surface area contributed by atoms with Crippen molar-refractivity contribution in [3.63, 3.8) is 0 Å². The number of amides is 4. The van der Waals surface area contributed by atoms with Crippen molar-refractivity contribution < 1.29 is 19.1 Å². The van der Waals surface area contributed by atoms with E-state index in [9.17, 15) is 14.4 Å². The maximum absolute atomic E-state index is 12.8. The van der Waals surface area contributed by atoms with E-state index in [1.165, 1.54) is 5.56 Å². The molecule has 1 atom stereocenters. The molecule has 2 heterocycles. The molecule has 2 aliphatic heterocycles. The number of methoxy groups -OCH3 is 1. The number of imide groups is 1. The molecule has 1 saturated heterocycles. The van der Waals surface area contributed by atoms with Crippen LogP contribution in [0.1, 0.15) is 23.1 Å². The molecule has 0 aliphatic carbocycles. The van der Waals surface area contributed by atoms with Crippen molar-refractivity contribution in [3.8, 4) is 5.75 Å². The van der Waals surface area contributed by atoms with Gasteiger partial charge in [0.05, 0.1) is 20.1 Å². The van der Waals surface area contributed by atoms with Gasteiger partial charge in [-0.15, -0.1) is 0 Å². The van der Waals surface area contributed by atoms with E-state index in [1.54, 1.807) is 18.1 Å². The standard InChI is InChI=1S/C22H23N3O4/c1-29-19-9-5-4-8-17(19)14-25-21(27)18(23-22(25)28)12-20(26)24-11-10-15-6-2-3-7-16(15)13-24/h2-9,18H,10-14H2,1H3,(H,23,28)/t18-/m0/s1. The molecule has 0 bridgehead atoms. The summed E-state index contributed by atoms with van der Waals surface area (Å²) in [6.45, 7) is 1.26. The third-order valence-electron chi connectivity index (χ3n) is 5.49. The first-order valence-electron chi connectivity index (χ1n) is 9.65. The Hall–Kier alpha value is -3.35. The number of ether oxygens (including phenoxy) is 1. The van der Waals surface area contributed by atoms with Crippen LogP contribution < -0.4 is 10.1 Å². The summed E-state index contributed by atoms with van der Waals surface area (Å²) in [6.07, 6.45) is 0.766. The van der Waals surface area contributed by atoms with Gasteiger partial charge < -0.3 is 15.0 Å². The Kier molecular flexibility index (Phi) is 5.20. The molecule has 7 nitrogen and oxygen atoms in total.